The zero-order valence-electron chi connectivity index (χ0n) is 25.4. The van der Waals surface area contributed by atoms with E-state index in [1.807, 2.05) is 56.4 Å². The molecular weight excluding hydrogens is 564 g/mol. The number of aliphatic hydroxyl groups excluding tert-OH is 1. The lowest BCUT2D eigenvalue weighted by Crippen LogP contribution is -2.50. The van der Waals surface area contributed by atoms with Crippen LogP contribution in [0.2, 0.25) is 18.6 Å². The summed E-state index contributed by atoms with van der Waals surface area (Å²) in [6.45, 7) is 6.06. The van der Waals surface area contributed by atoms with Crippen molar-refractivity contribution in [2.45, 2.75) is 50.7 Å². The molecular formula is C33H42N2O7Si. The predicted octanol–water partition coefficient (Wildman–Crippen LogP) is 5.01. The lowest BCUT2D eigenvalue weighted by Gasteiger charge is -2.44. The minimum atomic E-state index is -2.94. The molecule has 0 radical (unpaired) electrons. The molecule has 0 spiro atoms. The highest BCUT2D eigenvalue weighted by molar-refractivity contribution is 6.71. The van der Waals surface area contributed by atoms with E-state index >= 15 is 0 Å². The number of fused-ring (bicyclic) bond motifs is 1. The zero-order chi connectivity index (χ0) is 31.1. The lowest BCUT2D eigenvalue weighted by molar-refractivity contribution is -0.133. The van der Waals surface area contributed by atoms with E-state index in [0.29, 0.717) is 29.3 Å². The Morgan fingerprint density at radius 3 is 2.35 bits per heavy atom. The molecule has 4 rings (SSSR count). The second-order valence-corrected chi connectivity index (χ2v) is 15.6. The summed E-state index contributed by atoms with van der Waals surface area (Å²) in [5.74, 6) is 0.644. The number of hydrogen-bond donors (Lipinski definition) is 3. The van der Waals surface area contributed by atoms with Gasteiger partial charge in [0.25, 0.3) is 5.91 Å². The molecule has 1 aliphatic heterocycles. The van der Waals surface area contributed by atoms with Crippen molar-refractivity contribution in [1.29, 1.82) is 0 Å². The van der Waals surface area contributed by atoms with E-state index in [-0.39, 0.29) is 37.3 Å². The quantitative estimate of drug-likeness (QED) is 0.248. The van der Waals surface area contributed by atoms with E-state index in [0.717, 1.165) is 11.1 Å². The Kier molecular flexibility index (Phi) is 10.6. The zero-order valence-corrected chi connectivity index (χ0v) is 26.4. The number of amides is 2. The normalized spacial score (nSPS) is 18.6. The third-order valence-corrected chi connectivity index (χ3v) is 10.4. The third-order valence-electron chi connectivity index (χ3n) is 8.08. The van der Waals surface area contributed by atoms with Gasteiger partial charge < -0.3 is 34.3 Å². The van der Waals surface area contributed by atoms with Gasteiger partial charge in [-0.3, -0.25) is 9.59 Å². The van der Waals surface area contributed by atoms with Crippen molar-refractivity contribution in [2.24, 2.45) is 5.92 Å². The molecule has 0 aromatic heterocycles. The molecule has 1 aliphatic rings. The molecule has 1 unspecified atom stereocenters. The average Bonchev–Trinajstić information content (AvgIpc) is 2.99. The summed E-state index contributed by atoms with van der Waals surface area (Å²) in [4.78, 5) is 39.6. The standard InChI is InChI=1S/C33H42N2O7Si/c1-22-31(41-3)27-19-25(34-33(38)24-11-14-26(40-2)15-12-24)13-16-28(27)42-32(22)29(43(4,5)39)20-30(37)35(17-18-36)21-23-9-7-6-8-10-23/h6-16,19,22,29,31-32,36,39H,17-18,20-21H2,1-5H3,(H,34,38)/t22-,29?,31-,32-/m1/s1. The van der Waals surface area contributed by atoms with Crippen molar-refractivity contribution >= 4 is 25.8 Å². The molecule has 0 saturated heterocycles. The predicted molar refractivity (Wildman–Crippen MR) is 168 cm³/mol. The number of carbonyl (C=O) groups is 2. The van der Waals surface area contributed by atoms with Gasteiger partial charge in [-0.1, -0.05) is 37.3 Å². The molecule has 2 amide bonds. The number of nitrogens with zero attached hydrogens (tertiary/aromatic N) is 1. The van der Waals surface area contributed by atoms with Gasteiger partial charge >= 0.3 is 0 Å². The maximum Gasteiger partial charge on any atom is 0.255 e. The average molecular weight is 607 g/mol. The number of rotatable bonds is 12. The van der Waals surface area contributed by atoms with E-state index < -0.39 is 26.1 Å². The number of ether oxygens (including phenoxy) is 3. The van der Waals surface area contributed by atoms with Crippen LogP contribution in [0.3, 0.4) is 0 Å². The summed E-state index contributed by atoms with van der Waals surface area (Å²) in [6, 6.07) is 21.9. The Bertz CT molecular complexity index is 1380. The molecule has 43 heavy (non-hydrogen) atoms. The molecule has 4 atom stereocenters. The first-order valence-corrected chi connectivity index (χ1v) is 17.5. The maximum atomic E-state index is 13.6. The van der Waals surface area contributed by atoms with Crippen LogP contribution in [0.25, 0.3) is 0 Å². The molecule has 3 N–H and O–H groups in total. The molecule has 10 heteroatoms. The van der Waals surface area contributed by atoms with Gasteiger partial charge in [-0.15, -0.1) is 0 Å². The van der Waals surface area contributed by atoms with Gasteiger partial charge in [0, 0.05) is 54.9 Å². The van der Waals surface area contributed by atoms with Crippen LogP contribution in [0, 0.1) is 5.92 Å². The first-order chi connectivity index (χ1) is 20.5. The monoisotopic (exact) mass is 606 g/mol. The van der Waals surface area contributed by atoms with Crippen molar-refractivity contribution in [3.05, 3.63) is 89.5 Å². The molecule has 9 nitrogen and oxygen atoms in total. The van der Waals surface area contributed by atoms with Crippen LogP contribution in [0.1, 0.15) is 40.9 Å². The van der Waals surface area contributed by atoms with Crippen LogP contribution in [0.5, 0.6) is 11.5 Å². The van der Waals surface area contributed by atoms with Crippen LogP contribution in [0.15, 0.2) is 72.8 Å². The van der Waals surface area contributed by atoms with E-state index in [4.69, 9.17) is 14.2 Å². The number of methoxy groups -OCH3 is 2. The van der Waals surface area contributed by atoms with E-state index in [1.54, 1.807) is 55.5 Å². The van der Waals surface area contributed by atoms with Crippen LogP contribution in [-0.4, -0.2) is 68.4 Å². The first kappa shape index (κ1) is 32.2. The van der Waals surface area contributed by atoms with Crippen LogP contribution < -0.4 is 14.8 Å². The number of hydrogen-bond acceptors (Lipinski definition) is 7. The van der Waals surface area contributed by atoms with E-state index in [2.05, 4.69) is 5.32 Å². The summed E-state index contributed by atoms with van der Waals surface area (Å²) < 4.78 is 17.7. The smallest absolute Gasteiger partial charge is 0.255 e. The fraction of sp³-hybridized carbons (Fsp3) is 0.394. The minimum Gasteiger partial charge on any atom is -0.497 e. The van der Waals surface area contributed by atoms with Gasteiger partial charge in [-0.25, -0.2) is 0 Å². The topological polar surface area (TPSA) is 118 Å². The Hall–Kier alpha value is -3.70. The number of carbonyl (C=O) groups excluding carboxylic acids is 2. The maximum absolute atomic E-state index is 13.6. The summed E-state index contributed by atoms with van der Waals surface area (Å²) in [5, 5.41) is 12.6. The lowest BCUT2D eigenvalue weighted by atomic mass is 9.86. The van der Waals surface area contributed by atoms with Crippen LogP contribution >= 0.6 is 0 Å². The van der Waals surface area contributed by atoms with Gasteiger partial charge in [-0.05, 0) is 61.1 Å². The van der Waals surface area contributed by atoms with Gasteiger partial charge in [0.05, 0.1) is 19.8 Å². The van der Waals surface area contributed by atoms with Gasteiger partial charge in [0.2, 0.25) is 5.91 Å². The highest BCUT2D eigenvalue weighted by Gasteiger charge is 2.47. The fourth-order valence-corrected chi connectivity index (χ4v) is 7.55. The summed E-state index contributed by atoms with van der Waals surface area (Å²) in [5.41, 5.74) is 2.41. The second kappa shape index (κ2) is 14.2. The SMILES string of the molecule is COc1ccc(C(=O)Nc2ccc3c(c2)[C@H](OC)[C@@H](C)[C@H](C(CC(=O)N(CCO)Cc2ccccc2)[Si](C)(C)O)O3)cc1. The van der Waals surface area contributed by atoms with Crippen molar-refractivity contribution in [3.63, 3.8) is 0 Å². The van der Waals surface area contributed by atoms with Crippen LogP contribution in [-0.2, 0) is 16.1 Å². The van der Waals surface area contributed by atoms with Gasteiger partial charge in [0.15, 0.2) is 8.32 Å². The van der Waals surface area contributed by atoms with Gasteiger partial charge in [-0.2, -0.15) is 0 Å². The molecule has 230 valence electrons. The van der Waals surface area contributed by atoms with E-state index in [1.165, 1.54) is 0 Å². The number of aliphatic hydroxyl groups is 1. The largest absolute Gasteiger partial charge is 0.497 e. The highest BCUT2D eigenvalue weighted by atomic mass is 28.4. The highest BCUT2D eigenvalue weighted by Crippen LogP contribution is 2.47. The number of anilines is 1. The molecule has 0 aliphatic carbocycles. The summed E-state index contributed by atoms with van der Waals surface area (Å²) in [7, 11) is 0.262. The molecule has 3 aromatic rings. The third kappa shape index (κ3) is 7.83. The minimum absolute atomic E-state index is 0.0827. The van der Waals surface area contributed by atoms with Crippen molar-refractivity contribution in [2.75, 3.05) is 32.7 Å². The Balaban J connectivity index is 1.55. The van der Waals surface area contributed by atoms with Crippen molar-refractivity contribution < 1.29 is 33.7 Å². The Morgan fingerprint density at radius 2 is 1.74 bits per heavy atom. The Morgan fingerprint density at radius 1 is 1.05 bits per heavy atom. The number of benzene rings is 3. The van der Waals surface area contributed by atoms with E-state index in [9.17, 15) is 19.5 Å². The molecule has 1 heterocycles. The summed E-state index contributed by atoms with van der Waals surface area (Å²) >= 11 is 0. The van der Waals surface area contributed by atoms with Crippen LogP contribution in [0.4, 0.5) is 5.69 Å². The molecule has 0 bridgehead atoms. The number of nitrogens with one attached hydrogen (secondary N) is 1. The Labute approximate surface area is 254 Å². The van der Waals surface area contributed by atoms with Crippen molar-refractivity contribution in [3.8, 4) is 11.5 Å². The molecule has 0 fully saturated rings. The fourth-order valence-electron chi connectivity index (χ4n) is 5.70. The second-order valence-electron chi connectivity index (χ2n) is 11.5. The first-order valence-electron chi connectivity index (χ1n) is 14.5. The summed E-state index contributed by atoms with van der Waals surface area (Å²) in [6.07, 6.45) is -0.793. The molecule has 0 saturated carbocycles. The molecule has 3 aromatic carbocycles. The van der Waals surface area contributed by atoms with Crippen molar-refractivity contribution in [1.82, 2.24) is 4.90 Å². The van der Waals surface area contributed by atoms with Gasteiger partial charge in [0.1, 0.15) is 17.6 Å².